The number of amides is 1. The fraction of sp³-hybridized carbons (Fsp3) is 0.368. The maximum Gasteiger partial charge on any atom is 0.278 e. The van der Waals surface area contributed by atoms with E-state index < -0.39 is 0 Å². The number of pyridine rings is 1. The molecule has 0 spiro atoms. The van der Waals surface area contributed by atoms with Crippen molar-refractivity contribution in [1.82, 2.24) is 9.88 Å². The lowest BCUT2D eigenvalue weighted by Gasteiger charge is -2.36. The zero-order valence-corrected chi connectivity index (χ0v) is 15.7. The summed E-state index contributed by atoms with van der Waals surface area (Å²) >= 11 is 12.2. The van der Waals surface area contributed by atoms with Crippen LogP contribution in [0.1, 0.15) is 34.0 Å². The van der Waals surface area contributed by atoms with Gasteiger partial charge in [0.15, 0.2) is 0 Å². The standard InChI is InChI=1S/C19H19Cl2N3O/c1-11-3-5-15-12(9-11)13-10-23(2)8-7-16(13)24(15)19(25)18-14(20)4-6-17(21)22-18/h3-6,9,13,16H,7-8,10H2,1-2H3/t13-,16+/m1/s1. The highest BCUT2D eigenvalue weighted by Gasteiger charge is 2.44. The highest BCUT2D eigenvalue weighted by Crippen LogP contribution is 2.45. The molecule has 1 fully saturated rings. The SMILES string of the molecule is Cc1ccc2c(c1)[C@H]1CN(C)CC[C@@H]1N2C(=O)c1nc(Cl)ccc1Cl. The molecule has 2 atom stereocenters. The van der Waals surface area contributed by atoms with Crippen LogP contribution in [-0.4, -0.2) is 42.0 Å². The van der Waals surface area contributed by atoms with Gasteiger partial charge in [-0.3, -0.25) is 4.79 Å². The first-order valence-electron chi connectivity index (χ1n) is 8.40. The number of likely N-dealkylation sites (tertiary alicyclic amines) is 1. The minimum Gasteiger partial charge on any atom is -0.306 e. The molecule has 0 saturated carbocycles. The second-order valence-electron chi connectivity index (χ2n) is 6.93. The third-order valence-electron chi connectivity index (χ3n) is 5.19. The monoisotopic (exact) mass is 375 g/mol. The number of carbonyl (C=O) groups excluding carboxylic acids is 1. The van der Waals surface area contributed by atoms with Crippen molar-refractivity contribution in [3.8, 4) is 0 Å². The number of nitrogens with zero attached hydrogens (tertiary/aromatic N) is 3. The predicted octanol–water partition coefficient (Wildman–Crippen LogP) is 4.14. The molecule has 0 aliphatic carbocycles. The molecule has 2 aliphatic rings. The zero-order valence-electron chi connectivity index (χ0n) is 14.2. The molecule has 130 valence electrons. The summed E-state index contributed by atoms with van der Waals surface area (Å²) in [6, 6.07) is 9.65. The van der Waals surface area contributed by atoms with Crippen LogP contribution >= 0.6 is 23.2 Å². The van der Waals surface area contributed by atoms with Gasteiger partial charge in [-0.15, -0.1) is 0 Å². The number of likely N-dealkylation sites (N-methyl/N-ethyl adjacent to an activating group) is 1. The maximum absolute atomic E-state index is 13.3. The summed E-state index contributed by atoms with van der Waals surface area (Å²) in [5.41, 5.74) is 3.64. The van der Waals surface area contributed by atoms with Crippen LogP contribution in [0.15, 0.2) is 30.3 Å². The van der Waals surface area contributed by atoms with Gasteiger partial charge >= 0.3 is 0 Å². The van der Waals surface area contributed by atoms with E-state index in [-0.39, 0.29) is 22.8 Å². The number of carbonyl (C=O) groups is 1. The smallest absolute Gasteiger partial charge is 0.278 e. The number of hydrogen-bond acceptors (Lipinski definition) is 3. The highest BCUT2D eigenvalue weighted by atomic mass is 35.5. The molecule has 1 aromatic carbocycles. The van der Waals surface area contributed by atoms with Gasteiger partial charge in [0.05, 0.1) is 5.02 Å². The van der Waals surface area contributed by atoms with Gasteiger partial charge in [-0.05, 0) is 50.7 Å². The molecule has 0 radical (unpaired) electrons. The van der Waals surface area contributed by atoms with Crippen molar-refractivity contribution in [2.45, 2.75) is 25.3 Å². The Kier molecular flexibility index (Phi) is 4.22. The lowest BCUT2D eigenvalue weighted by Crippen LogP contribution is -2.47. The predicted molar refractivity (Wildman–Crippen MR) is 101 cm³/mol. The minimum atomic E-state index is -0.172. The van der Waals surface area contributed by atoms with Crippen LogP contribution in [0.4, 0.5) is 5.69 Å². The largest absolute Gasteiger partial charge is 0.306 e. The van der Waals surface area contributed by atoms with E-state index in [0.29, 0.717) is 10.9 Å². The first-order valence-corrected chi connectivity index (χ1v) is 9.16. The van der Waals surface area contributed by atoms with Gasteiger partial charge in [0.2, 0.25) is 0 Å². The summed E-state index contributed by atoms with van der Waals surface area (Å²) < 4.78 is 0. The second kappa shape index (κ2) is 6.27. The Morgan fingerprint density at radius 3 is 2.84 bits per heavy atom. The topological polar surface area (TPSA) is 36.4 Å². The van der Waals surface area contributed by atoms with Crippen LogP contribution in [0.5, 0.6) is 0 Å². The summed E-state index contributed by atoms with van der Waals surface area (Å²) in [4.78, 5) is 21.7. The maximum atomic E-state index is 13.3. The van der Waals surface area contributed by atoms with Crippen LogP contribution in [0.2, 0.25) is 10.2 Å². The molecule has 6 heteroatoms. The average molecular weight is 376 g/mol. The Hall–Kier alpha value is -1.62. The van der Waals surface area contributed by atoms with Crippen LogP contribution < -0.4 is 4.90 Å². The first kappa shape index (κ1) is 16.8. The molecule has 2 aliphatic heterocycles. The Morgan fingerprint density at radius 1 is 1.24 bits per heavy atom. The number of halogens is 2. The first-order chi connectivity index (χ1) is 12.0. The van der Waals surface area contributed by atoms with Crippen molar-refractivity contribution in [3.05, 3.63) is 57.3 Å². The van der Waals surface area contributed by atoms with Gasteiger partial charge in [-0.2, -0.15) is 0 Å². The molecule has 0 unspecified atom stereocenters. The molecular formula is C19H19Cl2N3O. The molecule has 25 heavy (non-hydrogen) atoms. The van der Waals surface area contributed by atoms with Gasteiger partial charge in [0.25, 0.3) is 5.91 Å². The number of rotatable bonds is 1. The van der Waals surface area contributed by atoms with E-state index >= 15 is 0 Å². The van der Waals surface area contributed by atoms with Crippen molar-refractivity contribution >= 4 is 34.8 Å². The molecule has 2 aromatic rings. The van der Waals surface area contributed by atoms with E-state index in [1.165, 1.54) is 11.1 Å². The number of benzene rings is 1. The third kappa shape index (κ3) is 2.82. The molecule has 0 bridgehead atoms. The summed E-state index contributed by atoms with van der Waals surface area (Å²) in [6.45, 7) is 4.00. The molecule has 4 nitrogen and oxygen atoms in total. The molecule has 1 saturated heterocycles. The Balaban J connectivity index is 1.81. The van der Waals surface area contributed by atoms with Gasteiger partial charge in [-0.25, -0.2) is 4.98 Å². The summed E-state index contributed by atoms with van der Waals surface area (Å²) in [5.74, 6) is 0.144. The molecule has 1 amide bonds. The number of anilines is 1. The minimum absolute atomic E-state index is 0.136. The van der Waals surface area contributed by atoms with E-state index in [1.54, 1.807) is 12.1 Å². The highest BCUT2D eigenvalue weighted by molar-refractivity contribution is 6.35. The molecular weight excluding hydrogens is 357 g/mol. The summed E-state index contributed by atoms with van der Waals surface area (Å²) in [7, 11) is 2.13. The summed E-state index contributed by atoms with van der Waals surface area (Å²) in [5, 5.41) is 0.607. The zero-order chi connectivity index (χ0) is 17.7. The number of aromatic nitrogens is 1. The van der Waals surface area contributed by atoms with E-state index in [0.717, 1.165) is 25.2 Å². The van der Waals surface area contributed by atoms with Crippen molar-refractivity contribution < 1.29 is 4.79 Å². The van der Waals surface area contributed by atoms with Gasteiger partial charge in [0, 0.05) is 24.2 Å². The number of fused-ring (bicyclic) bond motifs is 3. The Labute approximate surface area is 157 Å². The van der Waals surface area contributed by atoms with E-state index in [9.17, 15) is 4.79 Å². The number of piperidine rings is 1. The van der Waals surface area contributed by atoms with E-state index in [1.807, 2.05) is 17.0 Å². The molecule has 1 aromatic heterocycles. The van der Waals surface area contributed by atoms with Crippen molar-refractivity contribution in [1.29, 1.82) is 0 Å². The van der Waals surface area contributed by atoms with Crippen molar-refractivity contribution in [3.63, 3.8) is 0 Å². The normalized spacial score (nSPS) is 22.6. The number of aryl methyl sites for hydroxylation is 1. The average Bonchev–Trinajstić information content (AvgIpc) is 2.89. The third-order valence-corrected chi connectivity index (χ3v) is 5.70. The lowest BCUT2D eigenvalue weighted by molar-refractivity contribution is 0.0960. The van der Waals surface area contributed by atoms with Crippen LogP contribution in [0.3, 0.4) is 0 Å². The summed E-state index contributed by atoms with van der Waals surface area (Å²) in [6.07, 6.45) is 0.929. The second-order valence-corrected chi connectivity index (χ2v) is 7.72. The Morgan fingerprint density at radius 2 is 2.04 bits per heavy atom. The fourth-order valence-electron chi connectivity index (χ4n) is 4.03. The van der Waals surface area contributed by atoms with E-state index in [4.69, 9.17) is 23.2 Å². The Bertz CT molecular complexity index is 855. The van der Waals surface area contributed by atoms with Crippen LogP contribution in [-0.2, 0) is 0 Å². The van der Waals surface area contributed by atoms with Gasteiger partial charge in [0.1, 0.15) is 10.8 Å². The molecule has 4 rings (SSSR count). The lowest BCUT2D eigenvalue weighted by atomic mass is 9.89. The quantitative estimate of drug-likeness (QED) is 0.702. The van der Waals surface area contributed by atoms with Crippen LogP contribution in [0.25, 0.3) is 0 Å². The van der Waals surface area contributed by atoms with Crippen molar-refractivity contribution in [2.24, 2.45) is 0 Å². The van der Waals surface area contributed by atoms with Gasteiger partial charge < -0.3 is 9.80 Å². The van der Waals surface area contributed by atoms with Gasteiger partial charge in [-0.1, -0.05) is 40.9 Å². The molecule has 3 heterocycles. The molecule has 0 N–H and O–H groups in total. The van der Waals surface area contributed by atoms with E-state index in [2.05, 4.69) is 29.9 Å². The van der Waals surface area contributed by atoms with Crippen LogP contribution in [0, 0.1) is 6.92 Å². The number of hydrogen-bond donors (Lipinski definition) is 0. The van der Waals surface area contributed by atoms with Crippen molar-refractivity contribution in [2.75, 3.05) is 25.0 Å². The fourth-order valence-corrected chi connectivity index (χ4v) is 4.36.